The number of aliphatic imine (C=N–C) groups is 2. The number of thioether (sulfide) groups is 1. The predicted molar refractivity (Wildman–Crippen MR) is 170 cm³/mol. The van der Waals surface area contributed by atoms with Crippen molar-refractivity contribution in [3.8, 4) is 0 Å². The van der Waals surface area contributed by atoms with Crippen LogP contribution in [0.1, 0.15) is 74.8 Å². The van der Waals surface area contributed by atoms with Gasteiger partial charge in [0.25, 0.3) is 0 Å². The Morgan fingerprint density at radius 2 is 1.64 bits per heavy atom. The molecule has 0 saturated heterocycles. The van der Waals surface area contributed by atoms with Gasteiger partial charge in [0.05, 0.1) is 36.0 Å². The number of halogens is 8. The number of nitrogens with zero attached hydrogens (tertiary/aromatic N) is 4. The van der Waals surface area contributed by atoms with Crippen LogP contribution in [0.15, 0.2) is 40.3 Å². The van der Waals surface area contributed by atoms with Gasteiger partial charge in [0.1, 0.15) is 17.2 Å². The van der Waals surface area contributed by atoms with E-state index < -0.39 is 46.8 Å². The summed E-state index contributed by atoms with van der Waals surface area (Å²) in [6, 6.07) is 2.12. The fraction of sp³-hybridized carbons (Fsp3) is 0.576. The maximum atomic E-state index is 15.6. The van der Waals surface area contributed by atoms with Gasteiger partial charge in [-0.2, -0.15) is 38.1 Å². The largest absolute Gasteiger partial charge is 0.416 e. The second-order valence-electron chi connectivity index (χ2n) is 12.3. The molecule has 2 atom stereocenters. The smallest absolute Gasteiger partial charge is 0.369 e. The quantitative estimate of drug-likeness (QED) is 0.164. The number of alkyl halides is 6. The van der Waals surface area contributed by atoms with E-state index in [0.717, 1.165) is 37.8 Å². The minimum atomic E-state index is -5.06. The maximum absolute atomic E-state index is 15.6. The molecule has 1 saturated carbocycles. The van der Waals surface area contributed by atoms with Crippen LogP contribution < -0.4 is 4.90 Å². The van der Waals surface area contributed by atoms with Gasteiger partial charge in [0, 0.05) is 43.2 Å². The van der Waals surface area contributed by atoms with Crippen LogP contribution in [0.5, 0.6) is 0 Å². The van der Waals surface area contributed by atoms with Crippen molar-refractivity contribution < 1.29 is 39.9 Å². The molecule has 0 amide bonds. The lowest BCUT2D eigenvalue weighted by atomic mass is 9.98. The Morgan fingerprint density at radius 3 is 2.17 bits per heavy atom. The summed E-state index contributed by atoms with van der Waals surface area (Å²) in [5.41, 5.74) is -3.85. The van der Waals surface area contributed by atoms with Crippen LogP contribution in [0.25, 0.3) is 0 Å². The average Bonchev–Trinajstić information content (AvgIpc) is 3.51. The molecule has 0 N–H and O–H groups in total. The summed E-state index contributed by atoms with van der Waals surface area (Å²) >= 11 is 1.58. The van der Waals surface area contributed by atoms with Crippen molar-refractivity contribution in [2.75, 3.05) is 43.1 Å². The first-order valence-electron chi connectivity index (χ1n) is 15.6. The van der Waals surface area contributed by atoms with E-state index in [0.29, 0.717) is 43.5 Å². The second-order valence-corrected chi connectivity index (χ2v) is 13.2. The summed E-state index contributed by atoms with van der Waals surface area (Å²) in [4.78, 5) is 12.2. The van der Waals surface area contributed by atoms with Crippen molar-refractivity contribution >= 4 is 29.6 Å². The standard InChI is InChI=1S/C33H40F8N4OS/c1-5-44(17-22-8-6-7-9-22)29-24(14-27(34)16-28(29)35)18-45(30-42-19-31(3,20-43-30)46-10-11-47-4)21(2)23-12-25(32(36,37)38)15-26(13-23)33(39,40)41/h12-16,19,21-22H,5-11,17-18,20H2,1-4H3. The number of hydrogen-bond acceptors (Lipinski definition) is 6. The molecular formula is C33H40F8N4OS. The first-order valence-corrected chi connectivity index (χ1v) is 17.0. The lowest BCUT2D eigenvalue weighted by molar-refractivity contribution is -0.143. The summed E-state index contributed by atoms with van der Waals surface area (Å²) in [7, 11) is 0. The molecule has 47 heavy (non-hydrogen) atoms. The van der Waals surface area contributed by atoms with E-state index >= 15 is 4.39 Å². The molecule has 0 aromatic heterocycles. The Balaban J connectivity index is 1.80. The minimum Gasteiger partial charge on any atom is -0.369 e. The van der Waals surface area contributed by atoms with Gasteiger partial charge in [-0.3, -0.25) is 0 Å². The lowest BCUT2D eigenvalue weighted by Crippen LogP contribution is -2.42. The van der Waals surface area contributed by atoms with Crippen molar-refractivity contribution in [3.05, 3.63) is 64.2 Å². The molecule has 2 aromatic rings. The molecule has 0 bridgehead atoms. The van der Waals surface area contributed by atoms with E-state index in [9.17, 15) is 30.7 Å². The van der Waals surface area contributed by atoms with Crippen molar-refractivity contribution in [2.45, 2.75) is 77.0 Å². The van der Waals surface area contributed by atoms with Gasteiger partial charge in [-0.1, -0.05) is 12.8 Å². The van der Waals surface area contributed by atoms with Crippen LogP contribution >= 0.6 is 11.8 Å². The van der Waals surface area contributed by atoms with Gasteiger partial charge in [-0.25, -0.2) is 18.8 Å². The van der Waals surface area contributed by atoms with Gasteiger partial charge >= 0.3 is 12.4 Å². The Labute approximate surface area is 274 Å². The first kappa shape index (κ1) is 37.0. The highest BCUT2D eigenvalue weighted by Gasteiger charge is 2.38. The van der Waals surface area contributed by atoms with E-state index in [1.54, 1.807) is 18.7 Å². The van der Waals surface area contributed by atoms with Crippen molar-refractivity contribution in [1.29, 1.82) is 0 Å². The van der Waals surface area contributed by atoms with E-state index in [1.807, 2.05) is 18.1 Å². The lowest BCUT2D eigenvalue weighted by Gasteiger charge is -2.36. The van der Waals surface area contributed by atoms with Gasteiger partial charge in [0.15, 0.2) is 0 Å². The summed E-state index contributed by atoms with van der Waals surface area (Å²) < 4.78 is 119. The molecule has 1 heterocycles. The molecule has 14 heteroatoms. The van der Waals surface area contributed by atoms with Crippen LogP contribution in [0.4, 0.5) is 40.8 Å². The highest BCUT2D eigenvalue weighted by atomic mass is 32.2. The molecular weight excluding hydrogens is 652 g/mol. The number of rotatable bonds is 12. The topological polar surface area (TPSA) is 40.4 Å². The third-order valence-corrected chi connectivity index (χ3v) is 9.20. The van der Waals surface area contributed by atoms with E-state index in [-0.39, 0.29) is 41.9 Å². The fourth-order valence-electron chi connectivity index (χ4n) is 6.05. The zero-order chi connectivity index (χ0) is 34.6. The summed E-state index contributed by atoms with van der Waals surface area (Å²) in [6.45, 7) is 6.11. The molecule has 1 aliphatic carbocycles. The highest BCUT2D eigenvalue weighted by molar-refractivity contribution is 7.98. The van der Waals surface area contributed by atoms with Crippen LogP contribution in [0.2, 0.25) is 0 Å². The van der Waals surface area contributed by atoms with Crippen LogP contribution in [-0.4, -0.2) is 60.9 Å². The van der Waals surface area contributed by atoms with E-state index in [2.05, 4.69) is 9.98 Å². The first-order chi connectivity index (χ1) is 22.0. The number of guanidine groups is 1. The molecule has 2 unspecified atom stereocenters. The average molecular weight is 693 g/mol. The van der Waals surface area contributed by atoms with Gasteiger partial charge in [-0.05, 0) is 75.6 Å². The molecule has 2 aliphatic rings. The monoisotopic (exact) mass is 692 g/mol. The number of ether oxygens (including phenoxy) is 1. The van der Waals surface area contributed by atoms with Crippen molar-refractivity contribution in [3.63, 3.8) is 0 Å². The molecule has 5 nitrogen and oxygen atoms in total. The van der Waals surface area contributed by atoms with Crippen LogP contribution in [0.3, 0.4) is 0 Å². The zero-order valence-corrected chi connectivity index (χ0v) is 27.6. The highest BCUT2D eigenvalue weighted by Crippen LogP contribution is 2.40. The molecule has 0 spiro atoms. The zero-order valence-electron chi connectivity index (χ0n) is 26.8. The summed E-state index contributed by atoms with van der Waals surface area (Å²) in [5.74, 6) is -0.668. The van der Waals surface area contributed by atoms with Crippen LogP contribution in [-0.2, 0) is 23.6 Å². The summed E-state index contributed by atoms with van der Waals surface area (Å²) in [5, 5.41) is 0. The summed E-state index contributed by atoms with van der Waals surface area (Å²) in [6.07, 6.45) is -2.65. The van der Waals surface area contributed by atoms with E-state index in [4.69, 9.17) is 4.74 Å². The molecule has 0 radical (unpaired) electrons. The molecule has 1 aliphatic heterocycles. The number of benzene rings is 2. The molecule has 1 fully saturated rings. The number of anilines is 1. The molecule has 4 rings (SSSR count). The Kier molecular flexibility index (Phi) is 11.9. The van der Waals surface area contributed by atoms with Crippen molar-refractivity contribution in [2.24, 2.45) is 15.9 Å². The van der Waals surface area contributed by atoms with Gasteiger partial charge < -0.3 is 14.5 Å². The second kappa shape index (κ2) is 15.1. The Bertz CT molecular complexity index is 1410. The number of hydrogen-bond donors (Lipinski definition) is 0. The molecule has 260 valence electrons. The van der Waals surface area contributed by atoms with Crippen molar-refractivity contribution in [1.82, 2.24) is 4.90 Å². The Morgan fingerprint density at radius 1 is 1.00 bits per heavy atom. The SMILES string of the molecule is CCN(CC1CCCC1)c1c(F)cc(F)cc1CN(C1=NCC(C)(OCCSC)C=N1)C(C)c1cc(C(F)(F)F)cc(C(F)(F)F)c1. The molecule has 2 aromatic carbocycles. The normalized spacial score (nSPS) is 19.6. The van der Waals surface area contributed by atoms with Crippen LogP contribution in [0, 0.1) is 17.6 Å². The van der Waals surface area contributed by atoms with Gasteiger partial charge in [0.2, 0.25) is 5.96 Å². The third kappa shape index (κ3) is 9.39. The Hall–Kier alpha value is -2.87. The van der Waals surface area contributed by atoms with E-state index in [1.165, 1.54) is 18.0 Å². The fourth-order valence-corrected chi connectivity index (χ4v) is 6.30. The van der Waals surface area contributed by atoms with Gasteiger partial charge in [-0.15, -0.1) is 0 Å². The minimum absolute atomic E-state index is 0.0103. The predicted octanol–water partition coefficient (Wildman–Crippen LogP) is 9.16. The third-order valence-electron chi connectivity index (χ3n) is 8.62. The maximum Gasteiger partial charge on any atom is 0.416 e.